The number of piperidine rings is 1. The van der Waals surface area contributed by atoms with Crippen molar-refractivity contribution in [1.82, 2.24) is 33.6 Å². The molecule has 105 heavy (non-hydrogen) atoms. The molecule has 1 aliphatic rings. The highest BCUT2D eigenvalue weighted by Crippen LogP contribution is 2.12. The summed E-state index contributed by atoms with van der Waals surface area (Å²) in [4.78, 5) is 120. The van der Waals surface area contributed by atoms with Crippen molar-refractivity contribution < 1.29 is 67.4 Å². The van der Waals surface area contributed by atoms with E-state index in [9.17, 15) is 14.4 Å². The second kappa shape index (κ2) is 205. The van der Waals surface area contributed by atoms with Gasteiger partial charge in [-0.05, 0) is 143 Å². The number of aryl methyl sites for hydroxylation is 2. The van der Waals surface area contributed by atoms with Crippen LogP contribution in [0.5, 0.6) is 0 Å². The lowest BCUT2D eigenvalue weighted by molar-refractivity contribution is -0.140. The number of carbonyl (C=O) groups is 13. The smallest absolute Gasteiger partial charge is 0.244 e. The van der Waals surface area contributed by atoms with Crippen LogP contribution >= 0.6 is 0 Å². The van der Waals surface area contributed by atoms with Crippen molar-refractivity contribution in [1.29, 1.82) is 0 Å². The monoisotopic (exact) mass is 1520 g/mol. The molecule has 3 aromatic rings. The quantitative estimate of drug-likeness (QED) is 0.0801. The predicted octanol–water partition coefficient (Wildman–Crippen LogP) is 11.4. The van der Waals surface area contributed by atoms with Crippen LogP contribution in [0.2, 0.25) is 0 Å². The minimum absolute atomic E-state index is 0. The molecule has 0 spiro atoms. The minimum atomic E-state index is -0.647. The van der Waals surface area contributed by atoms with Gasteiger partial charge in [-0.2, -0.15) is 0 Å². The predicted molar refractivity (Wildman–Crippen MR) is 458 cm³/mol. The maximum absolute atomic E-state index is 12.8. The summed E-state index contributed by atoms with van der Waals surface area (Å²) in [7, 11) is 12.1. The maximum Gasteiger partial charge on any atom is 0.244 e. The van der Waals surface area contributed by atoms with Gasteiger partial charge in [0.25, 0.3) is 0 Å². The van der Waals surface area contributed by atoms with Gasteiger partial charge in [0, 0.05) is 39.6 Å². The van der Waals surface area contributed by atoms with Crippen LogP contribution < -0.4 is 63.9 Å². The second-order valence-corrected chi connectivity index (χ2v) is 18.9. The third-order valence-electron chi connectivity index (χ3n) is 10.7. The summed E-state index contributed by atoms with van der Waals surface area (Å²) in [6.07, 6.45) is 10.9. The summed E-state index contributed by atoms with van der Waals surface area (Å²) in [6, 6.07) is 29.2. The number of nitrogens with two attached hydrogens (primary N) is 7. The van der Waals surface area contributed by atoms with Gasteiger partial charge in [-0.25, -0.2) is 0 Å². The number of likely N-dealkylation sites (tertiary alicyclic amines) is 1. The van der Waals surface area contributed by atoms with Crippen molar-refractivity contribution in [2.24, 2.45) is 63.8 Å². The van der Waals surface area contributed by atoms with Crippen molar-refractivity contribution in [2.75, 3.05) is 69.5 Å². The van der Waals surface area contributed by atoms with Gasteiger partial charge in [0.1, 0.15) is 80.0 Å². The number of carbonyl (C=O) groups excluding carboxylic acids is 13. The number of nitrogens with zero attached hydrogens (tertiary/aromatic N) is 2. The van der Waals surface area contributed by atoms with E-state index in [-0.39, 0.29) is 42.3 Å². The average Bonchev–Trinajstić information content (AvgIpc) is 0.852. The van der Waals surface area contributed by atoms with Gasteiger partial charge >= 0.3 is 0 Å². The maximum atomic E-state index is 12.8. The molecule has 0 aliphatic carbocycles. The summed E-state index contributed by atoms with van der Waals surface area (Å²) in [5, 5.41) is 10.9. The molecule has 27 heteroatoms. The van der Waals surface area contributed by atoms with Gasteiger partial charge < -0.3 is 127 Å². The molecule has 0 saturated carbocycles. The molecule has 3 amide bonds. The largest absolute Gasteiger partial charge is 0.394 e. The molecule has 2 atom stereocenters. The van der Waals surface area contributed by atoms with Crippen molar-refractivity contribution >= 4 is 85.6 Å². The topological polar surface area (TPSA) is 548 Å². The molecule has 0 unspecified atom stereocenters. The fraction of sp³-hybridized carbons (Fsp3) is 0.603. The molecule has 27 nitrogen and oxygen atoms in total. The van der Waals surface area contributed by atoms with Crippen LogP contribution in [0.15, 0.2) is 91.0 Å². The average molecular weight is 1520 g/mol. The number of rotatable bonds is 12. The van der Waals surface area contributed by atoms with E-state index in [0.29, 0.717) is 6.42 Å². The van der Waals surface area contributed by atoms with Gasteiger partial charge in [-0.15, -0.1) is 0 Å². The van der Waals surface area contributed by atoms with E-state index in [2.05, 4.69) is 191 Å². The van der Waals surface area contributed by atoms with E-state index >= 15 is 0 Å². The third-order valence-corrected chi connectivity index (χ3v) is 10.7. The molecule has 0 aromatic heterocycles. The van der Waals surface area contributed by atoms with Crippen LogP contribution in [0.1, 0.15) is 200 Å². The number of nitrogens with one attached hydrogen (secondary N) is 1. The molecule has 636 valence electrons. The number of aliphatic hydroxyl groups is 1. The number of aliphatic hydroxyl groups excluding tert-OH is 1. The highest BCUT2D eigenvalue weighted by atomic mass is 16.3. The van der Waals surface area contributed by atoms with E-state index in [0.717, 1.165) is 74.4 Å². The van der Waals surface area contributed by atoms with Gasteiger partial charge in [-0.1, -0.05) is 227 Å². The first-order valence-electron chi connectivity index (χ1n) is 33.6. The fourth-order valence-electron chi connectivity index (χ4n) is 4.65. The molecule has 0 radical (unpaired) electrons. The lowest BCUT2D eigenvalue weighted by atomic mass is 10.0. The molecule has 1 aliphatic heterocycles. The Morgan fingerprint density at radius 1 is 0.400 bits per heavy atom. The molecule has 3 aromatic carbocycles. The van der Waals surface area contributed by atoms with E-state index in [4.69, 9.17) is 53.1 Å². The normalized spacial score (nSPS) is 8.49. The van der Waals surface area contributed by atoms with Crippen LogP contribution in [0.4, 0.5) is 0 Å². The molecule has 1 fully saturated rings. The lowest BCUT2D eigenvalue weighted by Gasteiger charge is -2.31. The highest BCUT2D eigenvalue weighted by molar-refractivity contribution is 5.91. The second-order valence-electron chi connectivity index (χ2n) is 18.9. The molecule has 4 rings (SSSR count). The Morgan fingerprint density at radius 3 is 0.733 bits per heavy atom. The van der Waals surface area contributed by atoms with Gasteiger partial charge in [0.05, 0.1) is 0 Å². The van der Waals surface area contributed by atoms with Gasteiger partial charge in [-0.3, -0.25) is 14.4 Å². The summed E-state index contributed by atoms with van der Waals surface area (Å²) < 4.78 is 0. The van der Waals surface area contributed by atoms with Crippen molar-refractivity contribution in [3.8, 4) is 0 Å². The SMILES string of the molecule is C=O.C=O.C=O.C=O.C=O.C=O.C=O.C=O.C=O.C=O.CC.CC(=O)N(C)[C@@H](Cc1ccccc1)C(=O)N[C@@H](C)C(=O)N1CCCCC1.CC(C)O.CCC(C)C.CCC(C)C.CCC(C)C.CCC(C)C.CCc1ccccc1.CCc1ccccc1.CN.CN.CN.CN.CN.CN.CN.N.N.N. The lowest BCUT2D eigenvalue weighted by Crippen LogP contribution is -2.54. The molecular formula is C78H175N13O14. The van der Waals surface area contributed by atoms with Crippen LogP contribution in [0.25, 0.3) is 0 Å². The molecule has 25 N–H and O–H groups in total. The van der Waals surface area contributed by atoms with Gasteiger partial charge in [0.15, 0.2) is 0 Å². The van der Waals surface area contributed by atoms with Crippen molar-refractivity contribution in [3.63, 3.8) is 0 Å². The summed E-state index contributed by atoms with van der Waals surface area (Å²) in [6.45, 7) is 63.0. The van der Waals surface area contributed by atoms with E-state index < -0.39 is 12.1 Å². The summed E-state index contributed by atoms with van der Waals surface area (Å²) in [5.41, 5.74) is 35.3. The Bertz CT molecular complexity index is 1620. The zero-order valence-electron chi connectivity index (χ0n) is 72.6. The number of hydrogen-bond acceptors (Lipinski definition) is 24. The van der Waals surface area contributed by atoms with Crippen LogP contribution in [-0.2, 0) is 81.6 Å². The Kier molecular flexibility index (Phi) is 337. The molecule has 1 heterocycles. The van der Waals surface area contributed by atoms with Crippen LogP contribution in [0, 0.1) is 23.7 Å². The Morgan fingerprint density at radius 2 is 0.581 bits per heavy atom. The highest BCUT2D eigenvalue weighted by Gasteiger charge is 2.29. The van der Waals surface area contributed by atoms with Gasteiger partial charge in [0.2, 0.25) is 17.7 Å². The minimum Gasteiger partial charge on any atom is -0.394 e. The standard InChI is InChI=1S/C20H29N3O3.2C8H10.4C5H12.C3H8O.C2H6.7CH5N.10CH2O.3H3N/c1-15(20(26)23-12-8-5-9-13-23)21-19(25)18(22(3)16(2)24)14-17-10-6-4-7-11-17;2*1-2-8-6-4-3-5-7-8;4*1-4-5(2)3;1-3(2)4;18*1-2;;;/h4,6-7,10-11,15,18H,5,8-9,12-14H2,1-3H3,(H,21,25);2*3-7H,2H2,1H3;4*5H,4H2,1-3H3;3-4H,1-2H3;1-2H3;7*2H2,1H3;10*1H2;3*1H3/t15-,18-;;;;;;;;;;;;;;;;;;;;;;;;;;;;/m0............................/s1. The third kappa shape index (κ3) is 207. The van der Waals surface area contributed by atoms with E-state index in [1.54, 1.807) is 27.8 Å². The van der Waals surface area contributed by atoms with Crippen LogP contribution in [0.3, 0.4) is 0 Å². The zero-order chi connectivity index (χ0) is 87.5. The Balaban J connectivity index is -0.0000000303. The fourth-order valence-corrected chi connectivity index (χ4v) is 4.65. The molecule has 1 saturated heterocycles. The number of likely N-dealkylation sites (N-methyl/N-ethyl adjacent to an activating group) is 1. The number of amides is 3. The Hall–Kier alpha value is -7.67. The van der Waals surface area contributed by atoms with E-state index in [1.807, 2.05) is 129 Å². The van der Waals surface area contributed by atoms with Crippen molar-refractivity contribution in [3.05, 3.63) is 108 Å². The summed E-state index contributed by atoms with van der Waals surface area (Å²) in [5.74, 6) is 3.00. The van der Waals surface area contributed by atoms with E-state index in [1.165, 1.54) is 98.0 Å². The summed E-state index contributed by atoms with van der Waals surface area (Å²) >= 11 is 0. The molecule has 0 bridgehead atoms. The first-order valence-corrected chi connectivity index (χ1v) is 33.6. The zero-order valence-corrected chi connectivity index (χ0v) is 72.6. The number of hydrogen-bond donors (Lipinski definition) is 12. The Labute approximate surface area is 645 Å². The molecular weight excluding hydrogens is 1340 g/mol. The van der Waals surface area contributed by atoms with Crippen molar-refractivity contribution in [2.45, 2.75) is 221 Å². The first-order chi connectivity index (χ1) is 49.1. The number of benzene rings is 3. The first kappa shape index (κ1) is 173. The van der Waals surface area contributed by atoms with Crippen LogP contribution in [-0.4, -0.2) is 188 Å².